The Labute approximate surface area is 158 Å². The van der Waals surface area contributed by atoms with Crippen molar-refractivity contribution in [2.75, 3.05) is 19.7 Å². The van der Waals surface area contributed by atoms with Crippen LogP contribution in [-0.2, 0) is 4.74 Å². The number of guanidine groups is 1. The topological polar surface area (TPSA) is 88.7 Å². The second-order valence-corrected chi connectivity index (χ2v) is 5.90. The molecule has 0 spiro atoms. The van der Waals surface area contributed by atoms with Crippen molar-refractivity contribution in [1.82, 2.24) is 10.6 Å². The predicted molar refractivity (Wildman–Crippen MR) is 107 cm³/mol. The molecule has 0 aromatic rings. The van der Waals surface area contributed by atoms with Crippen molar-refractivity contribution < 1.29 is 9.53 Å². The molecule has 23 heavy (non-hydrogen) atoms. The summed E-state index contributed by atoms with van der Waals surface area (Å²) in [6.45, 7) is 9.87. The summed E-state index contributed by atoms with van der Waals surface area (Å²) in [5.41, 5.74) is 5.85. The van der Waals surface area contributed by atoms with E-state index in [1.54, 1.807) is 6.92 Å². The molecule has 0 rings (SSSR count). The molecule has 0 heterocycles. The number of carbonyl (C=O) groups is 1. The van der Waals surface area contributed by atoms with Crippen molar-refractivity contribution in [2.24, 2.45) is 16.6 Å². The van der Waals surface area contributed by atoms with Crippen molar-refractivity contribution in [3.63, 3.8) is 0 Å². The molecule has 0 aliphatic heterocycles. The van der Waals surface area contributed by atoms with Crippen LogP contribution in [0, 0.1) is 5.92 Å². The monoisotopic (exact) mass is 442 g/mol. The van der Waals surface area contributed by atoms with E-state index in [1.165, 1.54) is 19.3 Å². The van der Waals surface area contributed by atoms with Gasteiger partial charge in [0.2, 0.25) is 0 Å². The zero-order valence-electron chi connectivity index (χ0n) is 15.1. The minimum atomic E-state index is -0.394. The van der Waals surface area contributed by atoms with Gasteiger partial charge < -0.3 is 21.1 Å². The summed E-state index contributed by atoms with van der Waals surface area (Å²) < 4.78 is 4.92. The fourth-order valence-electron chi connectivity index (χ4n) is 2.12. The first-order chi connectivity index (χ1) is 10.5. The van der Waals surface area contributed by atoms with Gasteiger partial charge in [0, 0.05) is 6.54 Å². The zero-order chi connectivity index (χ0) is 16.8. The number of hydrogen-bond acceptors (Lipinski definition) is 3. The third-order valence-electron chi connectivity index (χ3n) is 3.17. The van der Waals surface area contributed by atoms with Gasteiger partial charge in [-0.2, -0.15) is 0 Å². The van der Waals surface area contributed by atoms with Crippen molar-refractivity contribution in [3.8, 4) is 0 Å². The van der Waals surface area contributed by atoms with Gasteiger partial charge in [-0.3, -0.25) is 4.99 Å². The number of unbranched alkanes of at least 4 members (excludes halogenated alkanes) is 3. The molecule has 0 aliphatic carbocycles. The van der Waals surface area contributed by atoms with Crippen LogP contribution in [0.2, 0.25) is 0 Å². The molecular weight excluding hydrogens is 407 g/mol. The molecule has 1 amide bonds. The van der Waals surface area contributed by atoms with E-state index in [2.05, 4.69) is 36.4 Å². The highest BCUT2D eigenvalue weighted by atomic mass is 127. The maximum absolute atomic E-state index is 11.5. The molecule has 0 aromatic carbocycles. The Hall–Kier alpha value is -0.730. The molecule has 0 bridgehead atoms. The SMILES string of the molecule is CCCCCCNC(N)=NCC(CC(C)C)NC(=O)OCC.I. The van der Waals surface area contributed by atoms with E-state index in [4.69, 9.17) is 10.5 Å². The lowest BCUT2D eigenvalue weighted by Crippen LogP contribution is -2.40. The van der Waals surface area contributed by atoms with Gasteiger partial charge >= 0.3 is 6.09 Å². The smallest absolute Gasteiger partial charge is 0.407 e. The Balaban J connectivity index is 0. The molecule has 7 heteroatoms. The quantitative estimate of drug-likeness (QED) is 0.198. The van der Waals surface area contributed by atoms with E-state index in [0.29, 0.717) is 25.0 Å². The minimum Gasteiger partial charge on any atom is -0.450 e. The third-order valence-corrected chi connectivity index (χ3v) is 3.17. The number of ether oxygens (including phenoxy) is 1. The summed E-state index contributed by atoms with van der Waals surface area (Å²) in [6, 6.07) is -0.0560. The number of nitrogens with two attached hydrogens (primary N) is 1. The first-order valence-corrected chi connectivity index (χ1v) is 8.46. The van der Waals surface area contributed by atoms with Gasteiger partial charge in [-0.15, -0.1) is 24.0 Å². The van der Waals surface area contributed by atoms with Crippen molar-refractivity contribution in [2.45, 2.75) is 65.8 Å². The fraction of sp³-hybridized carbons (Fsp3) is 0.875. The van der Waals surface area contributed by atoms with Crippen LogP contribution < -0.4 is 16.4 Å². The van der Waals surface area contributed by atoms with Crippen LogP contribution in [0.15, 0.2) is 4.99 Å². The van der Waals surface area contributed by atoms with Crippen LogP contribution in [-0.4, -0.2) is 37.8 Å². The summed E-state index contributed by atoms with van der Waals surface area (Å²) in [7, 11) is 0. The number of nitrogens with one attached hydrogen (secondary N) is 2. The van der Waals surface area contributed by atoms with Gasteiger partial charge in [-0.1, -0.05) is 40.0 Å². The molecule has 6 nitrogen and oxygen atoms in total. The molecule has 0 aliphatic rings. The first kappa shape index (κ1) is 24.5. The Morgan fingerprint density at radius 2 is 1.91 bits per heavy atom. The summed E-state index contributed by atoms with van der Waals surface area (Å²) in [6.07, 6.45) is 5.22. The number of amides is 1. The van der Waals surface area contributed by atoms with Gasteiger partial charge in [-0.05, 0) is 25.7 Å². The molecular formula is C16H35IN4O2. The van der Waals surface area contributed by atoms with E-state index in [1.807, 2.05) is 0 Å². The predicted octanol–water partition coefficient (Wildman–Crippen LogP) is 3.25. The highest BCUT2D eigenvalue weighted by molar-refractivity contribution is 14.0. The minimum absolute atomic E-state index is 0. The number of nitrogens with zero attached hydrogens (tertiary/aromatic N) is 1. The lowest BCUT2D eigenvalue weighted by molar-refractivity contribution is 0.147. The second-order valence-electron chi connectivity index (χ2n) is 5.90. The van der Waals surface area contributed by atoms with Crippen LogP contribution in [0.3, 0.4) is 0 Å². The number of aliphatic imine (C=N–C) groups is 1. The van der Waals surface area contributed by atoms with Gasteiger partial charge in [0.1, 0.15) is 0 Å². The lowest BCUT2D eigenvalue weighted by atomic mass is 10.0. The lowest BCUT2D eigenvalue weighted by Gasteiger charge is -2.18. The normalized spacial score (nSPS) is 12.5. The Bertz CT molecular complexity index is 325. The van der Waals surface area contributed by atoms with E-state index < -0.39 is 6.09 Å². The standard InChI is InChI=1S/C16H34N4O2.HI/c1-5-7-8-9-10-18-15(17)19-12-14(11-13(3)4)20-16(21)22-6-2;/h13-14H,5-12H2,1-4H3,(H,20,21)(H3,17,18,19);1H. The van der Waals surface area contributed by atoms with Crippen LogP contribution in [0.5, 0.6) is 0 Å². The molecule has 4 N–H and O–H groups in total. The van der Waals surface area contributed by atoms with Crippen LogP contribution >= 0.6 is 24.0 Å². The number of alkyl carbamates (subject to hydrolysis) is 1. The second kappa shape index (κ2) is 16.1. The average Bonchev–Trinajstić information content (AvgIpc) is 2.44. The highest BCUT2D eigenvalue weighted by Gasteiger charge is 2.14. The van der Waals surface area contributed by atoms with Crippen molar-refractivity contribution >= 4 is 36.0 Å². The van der Waals surface area contributed by atoms with Gasteiger partial charge in [-0.25, -0.2) is 4.79 Å². The number of rotatable bonds is 11. The maximum atomic E-state index is 11.5. The highest BCUT2D eigenvalue weighted by Crippen LogP contribution is 2.05. The summed E-state index contributed by atoms with van der Waals surface area (Å²) in [4.78, 5) is 15.8. The summed E-state index contributed by atoms with van der Waals surface area (Å²) in [5, 5.41) is 5.95. The number of halogens is 1. The molecule has 0 saturated heterocycles. The Kier molecular flexibility index (Phi) is 17.2. The molecule has 0 aromatic heterocycles. The van der Waals surface area contributed by atoms with Gasteiger partial charge in [0.25, 0.3) is 0 Å². The fourth-order valence-corrected chi connectivity index (χ4v) is 2.12. The van der Waals surface area contributed by atoms with Gasteiger partial charge in [0.15, 0.2) is 5.96 Å². The molecule has 1 atom stereocenters. The van der Waals surface area contributed by atoms with Gasteiger partial charge in [0.05, 0.1) is 19.2 Å². The van der Waals surface area contributed by atoms with E-state index >= 15 is 0 Å². The summed E-state index contributed by atoms with van der Waals surface area (Å²) in [5.74, 6) is 0.904. The van der Waals surface area contributed by atoms with Crippen molar-refractivity contribution in [1.29, 1.82) is 0 Å². The molecule has 0 fully saturated rings. The average molecular weight is 442 g/mol. The van der Waals surface area contributed by atoms with Crippen LogP contribution in [0.25, 0.3) is 0 Å². The van der Waals surface area contributed by atoms with E-state index in [-0.39, 0.29) is 30.0 Å². The molecule has 0 radical (unpaired) electrons. The molecule has 138 valence electrons. The van der Waals surface area contributed by atoms with E-state index in [9.17, 15) is 4.79 Å². The molecule has 1 unspecified atom stereocenters. The van der Waals surface area contributed by atoms with E-state index in [0.717, 1.165) is 19.4 Å². The largest absolute Gasteiger partial charge is 0.450 e. The molecule has 0 saturated carbocycles. The van der Waals surface area contributed by atoms with Crippen molar-refractivity contribution in [3.05, 3.63) is 0 Å². The van der Waals surface area contributed by atoms with Crippen LogP contribution in [0.4, 0.5) is 4.79 Å². The third kappa shape index (κ3) is 15.9. The van der Waals surface area contributed by atoms with Crippen LogP contribution in [0.1, 0.15) is 59.8 Å². The first-order valence-electron chi connectivity index (χ1n) is 8.46. The zero-order valence-corrected chi connectivity index (χ0v) is 17.4. The maximum Gasteiger partial charge on any atom is 0.407 e. The Morgan fingerprint density at radius 1 is 1.22 bits per heavy atom. The summed E-state index contributed by atoms with van der Waals surface area (Å²) >= 11 is 0. The number of carbonyl (C=O) groups excluding carboxylic acids is 1. The Morgan fingerprint density at radius 3 is 2.48 bits per heavy atom. The number of hydrogen-bond donors (Lipinski definition) is 3.